The zero-order valence-corrected chi connectivity index (χ0v) is 10.1. The molecule has 2 N–H and O–H groups in total. The molecule has 1 aliphatic heterocycles. The summed E-state index contributed by atoms with van der Waals surface area (Å²) >= 11 is 0. The van der Waals surface area contributed by atoms with E-state index in [0.29, 0.717) is 11.5 Å². The summed E-state index contributed by atoms with van der Waals surface area (Å²) in [6, 6.07) is 3.66. The van der Waals surface area contributed by atoms with Gasteiger partial charge in [-0.3, -0.25) is 4.79 Å². The van der Waals surface area contributed by atoms with Crippen LogP contribution in [-0.2, 0) is 10.2 Å². The van der Waals surface area contributed by atoms with E-state index in [1.54, 1.807) is 20.0 Å². The third-order valence-corrected chi connectivity index (χ3v) is 3.38. The van der Waals surface area contributed by atoms with Gasteiger partial charge in [0.1, 0.15) is 0 Å². The number of carbonyl (C=O) groups is 1. The lowest BCUT2D eigenvalue weighted by Gasteiger charge is -2.18. The number of aromatic amines is 1. The van der Waals surface area contributed by atoms with Crippen molar-refractivity contribution in [2.24, 2.45) is 0 Å². The molecule has 5 heteroatoms. The van der Waals surface area contributed by atoms with E-state index in [0.717, 1.165) is 16.5 Å². The fourth-order valence-corrected chi connectivity index (χ4v) is 2.14. The van der Waals surface area contributed by atoms with Crippen LogP contribution in [0.2, 0.25) is 0 Å². The van der Waals surface area contributed by atoms with Crippen LogP contribution in [0.1, 0.15) is 19.4 Å². The highest BCUT2D eigenvalue weighted by molar-refractivity contribution is 5.93. The Balaban J connectivity index is 2.23. The van der Waals surface area contributed by atoms with Crippen LogP contribution in [0.15, 0.2) is 18.3 Å². The largest absolute Gasteiger partial charge is 0.481 e. The van der Waals surface area contributed by atoms with Crippen LogP contribution in [0.5, 0.6) is 11.5 Å². The Bertz CT molecular complexity index is 642. The van der Waals surface area contributed by atoms with Crippen molar-refractivity contribution in [3.63, 3.8) is 0 Å². The zero-order valence-electron chi connectivity index (χ0n) is 10.1. The normalized spacial score (nSPS) is 14.1. The summed E-state index contributed by atoms with van der Waals surface area (Å²) in [5.74, 6) is 0.481. The first-order valence-electron chi connectivity index (χ1n) is 5.65. The number of hydrogen-bond donors (Lipinski definition) is 2. The Morgan fingerprint density at radius 3 is 2.67 bits per heavy atom. The van der Waals surface area contributed by atoms with E-state index >= 15 is 0 Å². The minimum atomic E-state index is -0.952. The van der Waals surface area contributed by atoms with E-state index in [2.05, 4.69) is 4.98 Å². The lowest BCUT2D eigenvalue weighted by molar-refractivity contribution is -0.142. The molecule has 3 rings (SSSR count). The first kappa shape index (κ1) is 11.0. The third-order valence-electron chi connectivity index (χ3n) is 3.38. The number of aromatic nitrogens is 1. The molecule has 2 aromatic rings. The van der Waals surface area contributed by atoms with E-state index in [1.165, 1.54) is 0 Å². The molecule has 0 atom stereocenters. The number of nitrogens with one attached hydrogen (secondary N) is 1. The summed E-state index contributed by atoms with van der Waals surface area (Å²) in [7, 11) is 0. The molecular formula is C13H13NO4. The smallest absolute Gasteiger partial charge is 0.313 e. The van der Waals surface area contributed by atoms with Crippen LogP contribution < -0.4 is 9.47 Å². The van der Waals surface area contributed by atoms with Crippen LogP contribution in [0.25, 0.3) is 10.9 Å². The van der Waals surface area contributed by atoms with Gasteiger partial charge in [0, 0.05) is 23.2 Å². The molecule has 0 spiro atoms. The summed E-state index contributed by atoms with van der Waals surface area (Å²) in [5, 5.41) is 10.1. The van der Waals surface area contributed by atoms with Crippen molar-refractivity contribution in [3.05, 3.63) is 23.9 Å². The molecule has 2 heterocycles. The van der Waals surface area contributed by atoms with E-state index in [1.807, 2.05) is 12.1 Å². The highest BCUT2D eigenvalue weighted by Gasteiger charge is 2.32. The van der Waals surface area contributed by atoms with Gasteiger partial charge < -0.3 is 19.6 Å². The highest BCUT2D eigenvalue weighted by atomic mass is 16.7. The number of ether oxygens (including phenoxy) is 2. The quantitative estimate of drug-likeness (QED) is 0.853. The van der Waals surface area contributed by atoms with E-state index in [4.69, 9.17) is 9.47 Å². The van der Waals surface area contributed by atoms with Crippen molar-refractivity contribution in [3.8, 4) is 11.5 Å². The fourth-order valence-electron chi connectivity index (χ4n) is 2.14. The molecule has 0 saturated carbocycles. The minimum absolute atomic E-state index is 0.208. The lowest BCUT2D eigenvalue weighted by atomic mass is 9.84. The van der Waals surface area contributed by atoms with Crippen molar-refractivity contribution in [2.45, 2.75) is 19.3 Å². The van der Waals surface area contributed by atoms with Gasteiger partial charge in [0.15, 0.2) is 11.5 Å². The molecule has 1 aromatic heterocycles. The Kier molecular flexibility index (Phi) is 2.08. The summed E-state index contributed by atoms with van der Waals surface area (Å²) < 4.78 is 10.6. The number of rotatable bonds is 2. The van der Waals surface area contributed by atoms with Crippen LogP contribution in [0, 0.1) is 0 Å². The molecule has 0 aliphatic carbocycles. The first-order chi connectivity index (χ1) is 8.50. The monoisotopic (exact) mass is 247 g/mol. The molecule has 94 valence electrons. The molecule has 0 fully saturated rings. The van der Waals surface area contributed by atoms with Crippen molar-refractivity contribution < 1.29 is 19.4 Å². The number of hydrogen-bond acceptors (Lipinski definition) is 3. The van der Waals surface area contributed by atoms with E-state index < -0.39 is 11.4 Å². The van der Waals surface area contributed by atoms with Gasteiger partial charge in [0.2, 0.25) is 6.79 Å². The second-order valence-electron chi connectivity index (χ2n) is 4.88. The summed E-state index contributed by atoms with van der Waals surface area (Å²) in [5.41, 5.74) is 0.637. The number of H-pyrrole nitrogens is 1. The van der Waals surface area contributed by atoms with Gasteiger partial charge in [0.05, 0.1) is 5.41 Å². The number of fused-ring (bicyclic) bond motifs is 2. The predicted octanol–water partition coefficient (Wildman–Crippen LogP) is 2.26. The molecule has 0 radical (unpaired) electrons. The molecule has 1 aromatic carbocycles. The topological polar surface area (TPSA) is 71.5 Å². The summed E-state index contributed by atoms with van der Waals surface area (Å²) in [6.45, 7) is 3.57. The zero-order chi connectivity index (χ0) is 12.9. The Morgan fingerprint density at radius 2 is 2.00 bits per heavy atom. The standard InChI is InChI=1S/C13H13NO4/c1-13(2,12(15)16)8-5-14-9-4-11-10(3-7(8)9)17-6-18-11/h3-5,14H,6H2,1-2H3,(H,15,16). The molecule has 0 amide bonds. The SMILES string of the molecule is CC(C)(C(=O)O)c1c[nH]c2cc3c(cc12)OCO3. The van der Waals surface area contributed by atoms with Crippen LogP contribution in [-0.4, -0.2) is 22.9 Å². The molecule has 1 aliphatic rings. The second kappa shape index (κ2) is 3.41. The first-order valence-corrected chi connectivity index (χ1v) is 5.65. The number of carboxylic acid groups (broad SMARTS) is 1. The Morgan fingerprint density at radius 1 is 1.33 bits per heavy atom. The average molecular weight is 247 g/mol. The molecular weight excluding hydrogens is 234 g/mol. The summed E-state index contributed by atoms with van der Waals surface area (Å²) in [6.07, 6.45) is 1.73. The number of benzene rings is 1. The van der Waals surface area contributed by atoms with Gasteiger partial charge in [-0.15, -0.1) is 0 Å². The highest BCUT2D eigenvalue weighted by Crippen LogP contribution is 2.39. The second-order valence-corrected chi connectivity index (χ2v) is 4.88. The molecule has 0 bridgehead atoms. The maximum absolute atomic E-state index is 11.3. The Hall–Kier alpha value is -2.17. The fraction of sp³-hybridized carbons (Fsp3) is 0.308. The van der Waals surface area contributed by atoms with Gasteiger partial charge in [-0.25, -0.2) is 0 Å². The third kappa shape index (κ3) is 1.37. The van der Waals surface area contributed by atoms with Gasteiger partial charge >= 0.3 is 5.97 Å². The number of aliphatic carboxylic acids is 1. The van der Waals surface area contributed by atoms with Gasteiger partial charge in [-0.1, -0.05) is 0 Å². The van der Waals surface area contributed by atoms with Crippen molar-refractivity contribution in [1.82, 2.24) is 4.98 Å². The van der Waals surface area contributed by atoms with E-state index in [9.17, 15) is 9.90 Å². The van der Waals surface area contributed by atoms with Crippen LogP contribution >= 0.6 is 0 Å². The van der Waals surface area contributed by atoms with E-state index in [-0.39, 0.29) is 6.79 Å². The van der Waals surface area contributed by atoms with Crippen LogP contribution in [0.4, 0.5) is 0 Å². The van der Waals surface area contributed by atoms with Gasteiger partial charge in [-0.2, -0.15) is 0 Å². The minimum Gasteiger partial charge on any atom is -0.481 e. The average Bonchev–Trinajstić information content (AvgIpc) is 2.90. The predicted molar refractivity (Wildman–Crippen MR) is 65.1 cm³/mol. The number of carboxylic acids is 1. The van der Waals surface area contributed by atoms with Crippen molar-refractivity contribution in [2.75, 3.05) is 6.79 Å². The van der Waals surface area contributed by atoms with Crippen molar-refractivity contribution >= 4 is 16.9 Å². The lowest BCUT2D eigenvalue weighted by Crippen LogP contribution is -2.28. The Labute approximate surface area is 103 Å². The van der Waals surface area contributed by atoms with Gasteiger partial charge in [-0.05, 0) is 25.5 Å². The molecule has 0 unspecified atom stereocenters. The molecule has 0 saturated heterocycles. The van der Waals surface area contributed by atoms with Gasteiger partial charge in [0.25, 0.3) is 0 Å². The maximum atomic E-state index is 11.3. The molecule has 18 heavy (non-hydrogen) atoms. The maximum Gasteiger partial charge on any atom is 0.313 e. The van der Waals surface area contributed by atoms with Crippen molar-refractivity contribution in [1.29, 1.82) is 0 Å². The molecule has 5 nitrogen and oxygen atoms in total. The van der Waals surface area contributed by atoms with Crippen LogP contribution in [0.3, 0.4) is 0 Å². The summed E-state index contributed by atoms with van der Waals surface area (Å²) in [4.78, 5) is 14.4.